The van der Waals surface area contributed by atoms with E-state index in [1.54, 1.807) is 0 Å². The summed E-state index contributed by atoms with van der Waals surface area (Å²) in [4.78, 5) is 5.21. The number of fused-ring (bicyclic) bond motifs is 8. The van der Waals surface area contributed by atoms with E-state index >= 15 is 9.13 Å². The van der Waals surface area contributed by atoms with Gasteiger partial charge in [-0.25, -0.2) is 4.98 Å². The maximum Gasteiger partial charge on any atom is 0.171 e. The average Bonchev–Trinajstić information content (AvgIpc) is 3.58. The summed E-state index contributed by atoms with van der Waals surface area (Å²) < 4.78 is 32.7. The lowest BCUT2D eigenvalue weighted by molar-refractivity contribution is 0.591. The molecule has 49 heavy (non-hydrogen) atoms. The van der Waals surface area contributed by atoms with E-state index in [9.17, 15) is 0 Å². The fourth-order valence-electron chi connectivity index (χ4n) is 7.18. The molecule has 0 bridgehead atoms. The van der Waals surface area contributed by atoms with Crippen LogP contribution >= 0.6 is 14.3 Å². The van der Waals surface area contributed by atoms with Crippen molar-refractivity contribution in [3.8, 4) is 0 Å². The van der Waals surface area contributed by atoms with E-state index in [4.69, 9.17) is 4.98 Å². The van der Waals surface area contributed by atoms with Gasteiger partial charge in [0.25, 0.3) is 0 Å². The van der Waals surface area contributed by atoms with Gasteiger partial charge < -0.3 is 9.13 Å². The molecule has 0 N–H and O–H groups in total. The number of imidazole rings is 1. The topological polar surface area (TPSA) is 51.4 Å². The van der Waals surface area contributed by atoms with E-state index in [1.165, 1.54) is 0 Å². The van der Waals surface area contributed by atoms with Crippen molar-refractivity contribution in [3.05, 3.63) is 182 Å². The smallest absolute Gasteiger partial charge is 0.171 e. The highest BCUT2D eigenvalue weighted by molar-refractivity contribution is 7.85. The second-order valence-electron chi connectivity index (χ2n) is 12.3. The van der Waals surface area contributed by atoms with Gasteiger partial charge in [0.15, 0.2) is 14.3 Å². The predicted octanol–water partition coefficient (Wildman–Crippen LogP) is 8.07. The van der Waals surface area contributed by atoms with Crippen LogP contribution in [0.15, 0.2) is 182 Å². The Labute approximate surface area is 284 Å². The van der Waals surface area contributed by atoms with Gasteiger partial charge in [-0.3, -0.25) is 4.40 Å². The van der Waals surface area contributed by atoms with Gasteiger partial charge in [0.05, 0.1) is 16.6 Å². The number of benzene rings is 7. The van der Waals surface area contributed by atoms with Crippen LogP contribution in [0.25, 0.3) is 38.4 Å². The quantitative estimate of drug-likeness (QED) is 0.133. The van der Waals surface area contributed by atoms with Crippen molar-refractivity contribution in [1.82, 2.24) is 9.38 Å². The van der Waals surface area contributed by atoms with E-state index in [0.29, 0.717) is 0 Å². The molecule has 0 saturated carbocycles. The molecule has 0 unspecified atom stereocenters. The van der Waals surface area contributed by atoms with Crippen LogP contribution in [0, 0.1) is 0 Å². The molecular formula is C43H30N2O2P2. The Hall–Kier alpha value is -5.53. The Morgan fingerprint density at radius 1 is 0.367 bits per heavy atom. The number of rotatable bonds is 6. The summed E-state index contributed by atoms with van der Waals surface area (Å²) in [6.07, 6.45) is 0. The highest BCUT2D eigenvalue weighted by Gasteiger charge is 2.32. The lowest BCUT2D eigenvalue weighted by Crippen LogP contribution is -2.25. The zero-order chi connectivity index (χ0) is 33.0. The van der Waals surface area contributed by atoms with E-state index in [1.807, 2.05) is 158 Å². The first kappa shape index (κ1) is 29.6. The molecule has 7 aromatic carbocycles. The van der Waals surface area contributed by atoms with Gasteiger partial charge in [-0.05, 0) is 41.8 Å². The first-order valence-electron chi connectivity index (χ1n) is 16.3. The van der Waals surface area contributed by atoms with Gasteiger partial charge in [-0.15, -0.1) is 0 Å². The minimum Gasteiger partial charge on any atom is -0.309 e. The van der Waals surface area contributed by atoms with E-state index in [2.05, 4.69) is 28.7 Å². The lowest BCUT2D eigenvalue weighted by Gasteiger charge is -2.21. The Morgan fingerprint density at radius 3 is 1.27 bits per heavy atom. The number of aromatic nitrogens is 2. The number of hydrogen-bond donors (Lipinski definition) is 0. The van der Waals surface area contributed by atoms with E-state index in [0.717, 1.165) is 70.2 Å². The molecule has 0 atom stereocenters. The molecule has 0 aliphatic carbocycles. The molecule has 6 heteroatoms. The molecule has 2 aromatic heterocycles. The third-order valence-electron chi connectivity index (χ3n) is 9.52. The standard InChI is InChI=1S/C43H30N2O2P2/c46-48(31-15-5-1-6-16-31,32-17-7-2-8-18-32)35-25-27-41-39(29-35)37-23-13-14-24-38(37)43-44-40-30-36(26-28-42(40)45(41)43)49(47,33-19-9-3-10-20-33)34-21-11-4-12-22-34/h1-30H. The largest absolute Gasteiger partial charge is 0.309 e. The lowest BCUT2D eigenvalue weighted by atomic mass is 10.1. The third kappa shape index (κ3) is 4.56. The zero-order valence-corrected chi connectivity index (χ0v) is 28.2. The van der Waals surface area contributed by atoms with Crippen LogP contribution in [0.1, 0.15) is 0 Å². The normalized spacial score (nSPS) is 12.2. The number of nitrogens with zero attached hydrogens (tertiary/aromatic N) is 2. The highest BCUT2D eigenvalue weighted by atomic mass is 31.2. The SMILES string of the molecule is O=P(c1ccccc1)(c1ccccc1)c1ccc2c(c1)nc1c3ccccc3c3cc(P(=O)(c4ccccc4)c4ccccc4)ccc3n21. The van der Waals surface area contributed by atoms with E-state index < -0.39 is 14.3 Å². The Kier molecular flexibility index (Phi) is 6.99. The molecule has 0 aliphatic heterocycles. The second kappa shape index (κ2) is 11.6. The fourth-order valence-corrected chi connectivity index (χ4v) is 12.5. The molecular weight excluding hydrogens is 638 g/mol. The minimum absolute atomic E-state index is 0.739. The van der Waals surface area contributed by atoms with Crippen molar-refractivity contribution < 1.29 is 9.13 Å². The Morgan fingerprint density at radius 2 is 0.776 bits per heavy atom. The van der Waals surface area contributed by atoms with Gasteiger partial charge in [-0.2, -0.15) is 0 Å². The third-order valence-corrected chi connectivity index (χ3v) is 15.6. The Bertz CT molecular complexity index is 2680. The molecule has 234 valence electrons. The van der Waals surface area contributed by atoms with Gasteiger partial charge in [-0.1, -0.05) is 146 Å². The molecule has 0 amide bonds. The molecule has 0 saturated heterocycles. The van der Waals surface area contributed by atoms with Crippen LogP contribution < -0.4 is 31.8 Å². The molecule has 0 spiro atoms. The summed E-state index contributed by atoms with van der Waals surface area (Å²) >= 11 is 0. The summed E-state index contributed by atoms with van der Waals surface area (Å²) in [6, 6.07) is 59.5. The van der Waals surface area contributed by atoms with Crippen molar-refractivity contribution in [1.29, 1.82) is 0 Å². The van der Waals surface area contributed by atoms with Crippen molar-refractivity contribution in [2.24, 2.45) is 0 Å². The molecule has 0 radical (unpaired) electrons. The first-order chi connectivity index (χ1) is 24.1. The highest BCUT2D eigenvalue weighted by Crippen LogP contribution is 2.45. The molecule has 4 nitrogen and oxygen atoms in total. The number of pyridine rings is 1. The van der Waals surface area contributed by atoms with Crippen molar-refractivity contribution in [2.75, 3.05) is 0 Å². The molecule has 9 aromatic rings. The van der Waals surface area contributed by atoms with Gasteiger partial charge in [0.1, 0.15) is 5.65 Å². The fraction of sp³-hybridized carbons (Fsp3) is 0. The van der Waals surface area contributed by atoms with Crippen molar-refractivity contribution in [3.63, 3.8) is 0 Å². The van der Waals surface area contributed by atoms with Crippen LogP contribution in [-0.2, 0) is 9.13 Å². The average molecular weight is 669 g/mol. The van der Waals surface area contributed by atoms with Crippen molar-refractivity contribution >= 4 is 84.5 Å². The summed E-state index contributed by atoms with van der Waals surface area (Å²) in [5, 5.41) is 7.71. The maximum atomic E-state index is 15.3. The summed E-state index contributed by atoms with van der Waals surface area (Å²) in [5.74, 6) is 0. The van der Waals surface area contributed by atoms with Crippen LogP contribution in [0.3, 0.4) is 0 Å². The van der Waals surface area contributed by atoms with Gasteiger partial charge >= 0.3 is 0 Å². The maximum absolute atomic E-state index is 15.3. The van der Waals surface area contributed by atoms with Crippen LogP contribution in [0.2, 0.25) is 0 Å². The Balaban J connectivity index is 1.32. The molecule has 0 fully saturated rings. The molecule has 0 aliphatic rings. The van der Waals surface area contributed by atoms with Gasteiger partial charge in [0.2, 0.25) is 0 Å². The van der Waals surface area contributed by atoms with Crippen LogP contribution in [-0.4, -0.2) is 9.38 Å². The minimum atomic E-state index is -3.19. The summed E-state index contributed by atoms with van der Waals surface area (Å²) in [6.45, 7) is 0. The predicted molar refractivity (Wildman–Crippen MR) is 206 cm³/mol. The molecule has 2 heterocycles. The first-order valence-corrected chi connectivity index (χ1v) is 19.7. The van der Waals surface area contributed by atoms with Crippen molar-refractivity contribution in [2.45, 2.75) is 0 Å². The van der Waals surface area contributed by atoms with Crippen LogP contribution in [0.4, 0.5) is 0 Å². The van der Waals surface area contributed by atoms with Gasteiger partial charge in [0, 0.05) is 42.6 Å². The number of hydrogen-bond acceptors (Lipinski definition) is 3. The van der Waals surface area contributed by atoms with Crippen LogP contribution in [0.5, 0.6) is 0 Å². The summed E-state index contributed by atoms with van der Waals surface area (Å²) in [7, 11) is -6.38. The monoisotopic (exact) mass is 668 g/mol. The second-order valence-corrected chi connectivity index (χ2v) is 17.8. The van der Waals surface area contributed by atoms with E-state index in [-0.39, 0.29) is 0 Å². The summed E-state index contributed by atoms with van der Waals surface area (Å²) in [5.41, 5.74) is 3.48. The molecule has 9 rings (SSSR count). The zero-order valence-electron chi connectivity index (χ0n) is 26.4.